The van der Waals surface area contributed by atoms with Gasteiger partial charge in [-0.25, -0.2) is 9.78 Å². The average Bonchev–Trinajstić information content (AvgIpc) is 2.57. The van der Waals surface area contributed by atoms with Gasteiger partial charge in [0.25, 0.3) is 5.56 Å². The fourth-order valence-corrected chi connectivity index (χ4v) is 2.27. The smallest absolute Gasteiger partial charge is 0.337 e. The molecular formula is C18H14N2O3. The molecule has 2 aromatic heterocycles. The lowest BCUT2D eigenvalue weighted by Crippen LogP contribution is -2.20. The molecule has 5 heteroatoms. The highest BCUT2D eigenvalue weighted by molar-refractivity contribution is 5.87. The Bertz CT molecular complexity index is 973. The Balaban J connectivity index is 2.11. The van der Waals surface area contributed by atoms with Gasteiger partial charge in [0.05, 0.1) is 11.3 Å². The molecule has 0 aliphatic carbocycles. The number of hydrogen-bond donors (Lipinski definition) is 1. The minimum atomic E-state index is -1.08. The molecular weight excluding hydrogens is 292 g/mol. The molecule has 0 aliphatic heterocycles. The molecule has 0 aliphatic rings. The van der Waals surface area contributed by atoms with Gasteiger partial charge in [0, 0.05) is 11.8 Å². The van der Waals surface area contributed by atoms with Crippen molar-refractivity contribution in [2.24, 2.45) is 0 Å². The molecule has 0 atom stereocenters. The number of benzene rings is 1. The molecule has 0 spiro atoms. The Morgan fingerprint density at radius 3 is 2.57 bits per heavy atom. The normalized spacial score (nSPS) is 11.2. The van der Waals surface area contributed by atoms with Crippen LogP contribution in [-0.2, 0) is 0 Å². The van der Waals surface area contributed by atoms with Crippen molar-refractivity contribution in [2.45, 2.75) is 6.92 Å². The fraction of sp³-hybridized carbons (Fsp3) is 0.0556. The summed E-state index contributed by atoms with van der Waals surface area (Å²) >= 11 is 0. The molecule has 1 N–H and O–H groups in total. The zero-order valence-electron chi connectivity index (χ0n) is 12.4. The molecule has 0 amide bonds. The number of pyridine rings is 1. The highest BCUT2D eigenvalue weighted by Gasteiger charge is 2.09. The molecule has 0 saturated heterocycles. The number of aromatic nitrogens is 2. The monoisotopic (exact) mass is 306 g/mol. The van der Waals surface area contributed by atoms with Crippen molar-refractivity contribution in [1.29, 1.82) is 0 Å². The van der Waals surface area contributed by atoms with Crippen molar-refractivity contribution in [3.8, 4) is 0 Å². The third-order valence-electron chi connectivity index (χ3n) is 3.57. The first-order chi connectivity index (χ1) is 11.1. The summed E-state index contributed by atoms with van der Waals surface area (Å²) in [5, 5.41) is 9.02. The highest BCUT2D eigenvalue weighted by atomic mass is 16.4. The molecule has 2 heterocycles. The van der Waals surface area contributed by atoms with Crippen molar-refractivity contribution >= 4 is 23.8 Å². The second kappa shape index (κ2) is 5.88. The Morgan fingerprint density at radius 1 is 1.13 bits per heavy atom. The Kier molecular flexibility index (Phi) is 3.76. The number of aromatic carboxylic acids is 1. The van der Waals surface area contributed by atoms with Crippen LogP contribution in [0.4, 0.5) is 0 Å². The Hall–Kier alpha value is -3.21. The molecule has 1 aromatic carbocycles. The molecule has 0 saturated carbocycles. The summed E-state index contributed by atoms with van der Waals surface area (Å²) in [6.45, 7) is 1.68. The van der Waals surface area contributed by atoms with E-state index < -0.39 is 5.97 Å². The van der Waals surface area contributed by atoms with Crippen LogP contribution in [0.3, 0.4) is 0 Å². The van der Waals surface area contributed by atoms with Gasteiger partial charge in [0.2, 0.25) is 0 Å². The van der Waals surface area contributed by atoms with Crippen LogP contribution in [0, 0.1) is 6.92 Å². The molecule has 0 bridgehead atoms. The second-order valence-corrected chi connectivity index (χ2v) is 5.12. The van der Waals surface area contributed by atoms with E-state index in [0.29, 0.717) is 16.9 Å². The zero-order chi connectivity index (χ0) is 16.4. The lowest BCUT2D eigenvalue weighted by molar-refractivity contribution is 0.0696. The van der Waals surface area contributed by atoms with Crippen LogP contribution in [0.1, 0.15) is 27.2 Å². The minimum absolute atomic E-state index is 0.0494. The van der Waals surface area contributed by atoms with Crippen LogP contribution >= 0.6 is 0 Å². The van der Waals surface area contributed by atoms with Crippen LogP contribution in [-0.4, -0.2) is 20.5 Å². The maximum Gasteiger partial charge on any atom is 0.337 e. The third kappa shape index (κ3) is 2.89. The van der Waals surface area contributed by atoms with Gasteiger partial charge in [-0.2, -0.15) is 0 Å². The SMILES string of the molecule is Cc1c(/C=C/c2ccccc2)nc2ccc(C(=O)O)cn2c1=O. The number of nitrogens with zero attached hydrogens (tertiary/aromatic N) is 2. The first-order valence-electron chi connectivity index (χ1n) is 7.06. The molecule has 3 aromatic rings. The summed E-state index contributed by atoms with van der Waals surface area (Å²) in [4.78, 5) is 27.9. The van der Waals surface area contributed by atoms with Crippen molar-refractivity contribution in [1.82, 2.24) is 9.38 Å². The van der Waals surface area contributed by atoms with Gasteiger partial charge in [-0.1, -0.05) is 36.4 Å². The van der Waals surface area contributed by atoms with Crippen LogP contribution < -0.4 is 5.56 Å². The number of rotatable bonds is 3. The van der Waals surface area contributed by atoms with Gasteiger partial charge < -0.3 is 5.11 Å². The quantitative estimate of drug-likeness (QED) is 0.807. The van der Waals surface area contributed by atoms with Gasteiger partial charge in [0.1, 0.15) is 5.65 Å². The summed E-state index contributed by atoms with van der Waals surface area (Å²) in [6, 6.07) is 12.7. The fourth-order valence-electron chi connectivity index (χ4n) is 2.27. The number of fused-ring (bicyclic) bond motifs is 1. The minimum Gasteiger partial charge on any atom is -0.478 e. The molecule has 0 unspecified atom stereocenters. The van der Waals surface area contributed by atoms with Crippen LogP contribution in [0.15, 0.2) is 53.5 Å². The largest absolute Gasteiger partial charge is 0.478 e. The van der Waals surface area contributed by atoms with Gasteiger partial charge in [0.15, 0.2) is 0 Å². The van der Waals surface area contributed by atoms with E-state index in [9.17, 15) is 9.59 Å². The first kappa shape index (κ1) is 14.7. The van der Waals surface area contributed by atoms with Gasteiger partial charge in [-0.15, -0.1) is 0 Å². The molecule has 0 radical (unpaired) electrons. The summed E-state index contributed by atoms with van der Waals surface area (Å²) in [7, 11) is 0. The van der Waals surface area contributed by atoms with Crippen molar-refractivity contribution < 1.29 is 9.90 Å². The Labute approximate surface area is 132 Å². The van der Waals surface area contributed by atoms with Crippen molar-refractivity contribution in [3.63, 3.8) is 0 Å². The van der Waals surface area contributed by atoms with Gasteiger partial charge in [-0.05, 0) is 30.7 Å². The second-order valence-electron chi connectivity index (χ2n) is 5.12. The number of carboxylic acids is 1. The summed E-state index contributed by atoms with van der Waals surface area (Å²) in [5.41, 5.74) is 2.24. The molecule has 114 valence electrons. The van der Waals surface area contributed by atoms with Crippen LogP contribution in [0.5, 0.6) is 0 Å². The standard InChI is InChI=1S/C18H14N2O3/c1-12-15(9-7-13-5-3-2-4-6-13)19-16-10-8-14(18(22)23)11-20(16)17(12)21/h2-11H,1H3,(H,22,23)/b9-7+. The van der Waals surface area contributed by atoms with E-state index in [1.54, 1.807) is 13.0 Å². The predicted octanol–water partition coefficient (Wildman–Crippen LogP) is 2.87. The summed E-state index contributed by atoms with van der Waals surface area (Å²) in [6.07, 6.45) is 4.97. The maximum atomic E-state index is 12.4. The number of hydrogen-bond acceptors (Lipinski definition) is 3. The van der Waals surface area contributed by atoms with Crippen LogP contribution in [0.25, 0.3) is 17.8 Å². The number of carbonyl (C=O) groups is 1. The van der Waals surface area contributed by atoms with E-state index in [1.807, 2.05) is 36.4 Å². The van der Waals surface area contributed by atoms with E-state index >= 15 is 0 Å². The summed E-state index contributed by atoms with van der Waals surface area (Å²) in [5.74, 6) is -1.08. The molecule has 5 nitrogen and oxygen atoms in total. The van der Waals surface area contributed by atoms with Crippen molar-refractivity contribution in [3.05, 3.63) is 81.4 Å². The topological polar surface area (TPSA) is 71.7 Å². The van der Waals surface area contributed by atoms with E-state index in [2.05, 4.69) is 4.98 Å². The number of carboxylic acid groups (broad SMARTS) is 1. The lowest BCUT2D eigenvalue weighted by Gasteiger charge is -2.06. The predicted molar refractivity (Wildman–Crippen MR) is 88.5 cm³/mol. The molecule has 0 fully saturated rings. The third-order valence-corrected chi connectivity index (χ3v) is 3.57. The van der Waals surface area contributed by atoms with E-state index in [4.69, 9.17) is 5.11 Å². The lowest BCUT2D eigenvalue weighted by atomic mass is 10.1. The first-order valence-corrected chi connectivity index (χ1v) is 7.06. The molecule has 3 rings (SSSR count). The molecule has 23 heavy (non-hydrogen) atoms. The van der Waals surface area contributed by atoms with Crippen LogP contribution in [0.2, 0.25) is 0 Å². The maximum absolute atomic E-state index is 12.4. The highest BCUT2D eigenvalue weighted by Crippen LogP contribution is 2.10. The zero-order valence-corrected chi connectivity index (χ0v) is 12.4. The van der Waals surface area contributed by atoms with E-state index in [-0.39, 0.29) is 11.1 Å². The summed E-state index contributed by atoms with van der Waals surface area (Å²) < 4.78 is 1.26. The Morgan fingerprint density at radius 2 is 1.87 bits per heavy atom. The van der Waals surface area contributed by atoms with Gasteiger partial charge >= 0.3 is 5.97 Å². The average molecular weight is 306 g/mol. The van der Waals surface area contributed by atoms with E-state index in [1.165, 1.54) is 22.7 Å². The van der Waals surface area contributed by atoms with Gasteiger partial charge in [-0.3, -0.25) is 9.20 Å². The van der Waals surface area contributed by atoms with Crippen molar-refractivity contribution in [2.75, 3.05) is 0 Å². The van der Waals surface area contributed by atoms with E-state index in [0.717, 1.165) is 5.56 Å².